The maximum Gasteiger partial charge on any atom is 0.182 e. The van der Waals surface area contributed by atoms with E-state index in [2.05, 4.69) is 58.0 Å². The Morgan fingerprint density at radius 3 is 1.36 bits per heavy atom. The van der Waals surface area contributed by atoms with Gasteiger partial charge >= 0.3 is 0 Å². The topological polar surface area (TPSA) is 44.3 Å². The zero-order chi connectivity index (χ0) is 17.8. The number of nitrogens with one attached hydrogen (secondary N) is 2. The van der Waals surface area contributed by atoms with Gasteiger partial charge in [0.1, 0.15) is 0 Å². The van der Waals surface area contributed by atoms with E-state index in [4.69, 9.17) is 0 Å². The second-order valence-corrected chi connectivity index (χ2v) is 18.5. The monoisotopic (exact) mass is 348 g/mol. The van der Waals surface area contributed by atoms with E-state index in [1.54, 1.807) is 0 Å². The molecule has 0 aromatic heterocycles. The molecule has 0 bridgehead atoms. The van der Waals surface area contributed by atoms with Crippen molar-refractivity contribution in [2.24, 2.45) is 0 Å². The Morgan fingerprint density at radius 1 is 0.727 bits per heavy atom. The lowest BCUT2D eigenvalue weighted by Gasteiger charge is -2.16. The Morgan fingerprint density at radius 2 is 1.09 bits per heavy atom. The molecule has 0 aliphatic carbocycles. The van der Waals surface area contributed by atoms with Crippen LogP contribution in [0.1, 0.15) is 40.5 Å². The molecule has 0 radical (unpaired) electrons. The molecule has 136 valence electrons. The summed E-state index contributed by atoms with van der Waals surface area (Å²) < 4.78 is 0. The Balaban J connectivity index is 0. The van der Waals surface area contributed by atoms with Crippen molar-refractivity contribution in [2.45, 2.75) is 97.4 Å². The van der Waals surface area contributed by atoms with Gasteiger partial charge in [-0.05, 0) is 45.1 Å². The molecule has 0 unspecified atom stereocenters. The smallest absolute Gasteiger partial charge is 0.182 e. The molecule has 22 heavy (non-hydrogen) atoms. The van der Waals surface area contributed by atoms with Crippen molar-refractivity contribution in [2.75, 3.05) is 13.1 Å². The Hall–Kier alpha value is 0.314. The van der Waals surface area contributed by atoms with Crippen molar-refractivity contribution in [1.29, 1.82) is 0 Å². The van der Waals surface area contributed by atoms with Crippen LogP contribution in [0.4, 0.5) is 0 Å². The first-order chi connectivity index (χ1) is 9.83. The Labute approximate surface area is 142 Å². The van der Waals surface area contributed by atoms with Crippen molar-refractivity contribution < 1.29 is 4.80 Å². The first-order valence-electron chi connectivity index (χ1n) is 9.02. The number of hydrogen-bond donors (Lipinski definition) is 3. The van der Waals surface area contributed by atoms with Crippen LogP contribution >= 0.6 is 0 Å². The normalized spacial score (nSPS) is 12.5. The van der Waals surface area contributed by atoms with Crippen molar-refractivity contribution in [3.63, 3.8) is 0 Å². The molecule has 3 N–H and O–H groups in total. The largest absolute Gasteiger partial charge is 0.432 e. The summed E-state index contributed by atoms with van der Waals surface area (Å²) in [6.45, 7) is 22.2. The SMILES string of the molecule is CC(C)NCCC[Si](C)(C)C.CC(C)NCCC[Si](C)(C)O. The van der Waals surface area contributed by atoms with E-state index in [0.717, 1.165) is 19.0 Å². The van der Waals surface area contributed by atoms with E-state index in [1.807, 2.05) is 13.1 Å². The van der Waals surface area contributed by atoms with Crippen LogP contribution in [0, 0.1) is 0 Å². The van der Waals surface area contributed by atoms with Gasteiger partial charge in [-0.25, -0.2) is 0 Å². The Kier molecular flexibility index (Phi) is 14.2. The fraction of sp³-hybridized carbons (Fsp3) is 1.00. The van der Waals surface area contributed by atoms with Crippen molar-refractivity contribution in [3.8, 4) is 0 Å². The molecule has 0 rings (SSSR count). The van der Waals surface area contributed by atoms with E-state index in [-0.39, 0.29) is 0 Å². The average Bonchev–Trinajstić information content (AvgIpc) is 2.28. The standard InChI is InChI=1S/C9H23NSi.C8H21NOSi/c1-9(2)10-7-6-8-11(3,4)5;1-8(2)9-6-5-7-11(3,4)10/h9-10H,6-8H2,1-5H3;8-10H,5-7H2,1-4H3. The van der Waals surface area contributed by atoms with Crippen LogP contribution < -0.4 is 10.6 Å². The van der Waals surface area contributed by atoms with Crippen LogP contribution in [0.5, 0.6) is 0 Å². The molecule has 0 spiro atoms. The first-order valence-corrected chi connectivity index (χ1v) is 15.9. The van der Waals surface area contributed by atoms with Gasteiger partial charge in [0.15, 0.2) is 8.32 Å². The van der Waals surface area contributed by atoms with Crippen molar-refractivity contribution in [3.05, 3.63) is 0 Å². The molecule has 0 aliphatic rings. The summed E-state index contributed by atoms with van der Waals surface area (Å²) in [5, 5.41) is 6.77. The molecule has 5 heteroatoms. The van der Waals surface area contributed by atoms with Gasteiger partial charge in [-0.2, -0.15) is 0 Å². The lowest BCUT2D eigenvalue weighted by Crippen LogP contribution is -2.28. The van der Waals surface area contributed by atoms with E-state index >= 15 is 0 Å². The van der Waals surface area contributed by atoms with Crippen LogP contribution in [-0.4, -0.2) is 46.4 Å². The molecule has 0 aromatic carbocycles. The van der Waals surface area contributed by atoms with Crippen LogP contribution in [0.15, 0.2) is 0 Å². The van der Waals surface area contributed by atoms with E-state index in [0.29, 0.717) is 12.1 Å². The molecule has 0 aromatic rings. The van der Waals surface area contributed by atoms with Gasteiger partial charge in [-0.3, -0.25) is 0 Å². The van der Waals surface area contributed by atoms with E-state index in [9.17, 15) is 4.80 Å². The minimum absolute atomic E-state index is 0.568. The summed E-state index contributed by atoms with van der Waals surface area (Å²) in [7, 11) is -2.54. The van der Waals surface area contributed by atoms with Crippen LogP contribution in [0.2, 0.25) is 44.8 Å². The predicted octanol–water partition coefficient (Wildman–Crippen LogP) is 4.28. The maximum atomic E-state index is 9.49. The molecule has 0 fully saturated rings. The van der Waals surface area contributed by atoms with Gasteiger partial charge in [-0.1, -0.05) is 53.4 Å². The lowest BCUT2D eigenvalue weighted by molar-refractivity contribution is 0.530. The molecular formula is C17H44N2OSi2. The van der Waals surface area contributed by atoms with Crippen LogP contribution in [-0.2, 0) is 0 Å². The first kappa shape index (κ1) is 24.6. The summed E-state index contributed by atoms with van der Waals surface area (Å²) in [6, 6.07) is 3.68. The zero-order valence-electron chi connectivity index (χ0n) is 16.8. The van der Waals surface area contributed by atoms with Gasteiger partial charge < -0.3 is 15.4 Å². The second-order valence-electron chi connectivity index (χ2n) is 8.80. The molecule has 3 nitrogen and oxygen atoms in total. The van der Waals surface area contributed by atoms with Gasteiger partial charge in [0.25, 0.3) is 0 Å². The maximum absolute atomic E-state index is 9.49. The summed E-state index contributed by atoms with van der Waals surface area (Å²) >= 11 is 0. The average molecular weight is 349 g/mol. The summed E-state index contributed by atoms with van der Waals surface area (Å²) in [6.07, 6.45) is 2.46. The molecule has 0 aliphatic heterocycles. The highest BCUT2D eigenvalue weighted by molar-refractivity contribution is 6.76. The van der Waals surface area contributed by atoms with Crippen molar-refractivity contribution in [1.82, 2.24) is 10.6 Å². The predicted molar refractivity (Wildman–Crippen MR) is 108 cm³/mol. The highest BCUT2D eigenvalue weighted by Gasteiger charge is 2.15. The summed E-state index contributed by atoms with van der Waals surface area (Å²) in [5.41, 5.74) is 0. The zero-order valence-corrected chi connectivity index (χ0v) is 18.8. The van der Waals surface area contributed by atoms with Gasteiger partial charge in [-0.15, -0.1) is 0 Å². The van der Waals surface area contributed by atoms with Crippen LogP contribution in [0.25, 0.3) is 0 Å². The summed E-state index contributed by atoms with van der Waals surface area (Å²) in [5.74, 6) is 0. The third-order valence-electron chi connectivity index (χ3n) is 3.17. The third kappa shape index (κ3) is 28.5. The van der Waals surface area contributed by atoms with Crippen LogP contribution in [0.3, 0.4) is 0 Å². The second kappa shape index (κ2) is 12.7. The molecule has 0 atom stereocenters. The molecule has 0 saturated heterocycles. The quantitative estimate of drug-likeness (QED) is 0.408. The summed E-state index contributed by atoms with van der Waals surface area (Å²) in [4.78, 5) is 9.49. The fourth-order valence-electron chi connectivity index (χ4n) is 1.92. The highest BCUT2D eigenvalue weighted by atomic mass is 28.4. The molecule has 0 amide bonds. The lowest BCUT2D eigenvalue weighted by atomic mass is 10.4. The molecular weight excluding hydrogens is 304 g/mol. The van der Waals surface area contributed by atoms with Gasteiger partial charge in [0.2, 0.25) is 0 Å². The van der Waals surface area contributed by atoms with E-state index < -0.39 is 16.4 Å². The number of rotatable bonds is 10. The van der Waals surface area contributed by atoms with Gasteiger partial charge in [0.05, 0.1) is 0 Å². The number of hydrogen-bond acceptors (Lipinski definition) is 3. The molecule has 0 heterocycles. The highest BCUT2D eigenvalue weighted by Crippen LogP contribution is 2.09. The van der Waals surface area contributed by atoms with Crippen molar-refractivity contribution >= 4 is 16.4 Å². The Bertz CT molecular complexity index is 220. The minimum atomic E-state index is -1.77. The third-order valence-corrected chi connectivity index (χ3v) is 6.60. The van der Waals surface area contributed by atoms with Gasteiger partial charge in [0, 0.05) is 20.2 Å². The minimum Gasteiger partial charge on any atom is -0.432 e. The molecule has 0 saturated carbocycles. The van der Waals surface area contributed by atoms with E-state index in [1.165, 1.54) is 19.0 Å². The fourth-order valence-corrected chi connectivity index (χ4v) is 4.20.